The smallest absolute Gasteiger partial charge is 0.245 e. The Morgan fingerprint density at radius 3 is 2.59 bits per heavy atom. The van der Waals surface area contributed by atoms with Gasteiger partial charge in [-0.2, -0.15) is 0 Å². The molecule has 3 atom stereocenters. The molecule has 2 aromatic carbocycles. The van der Waals surface area contributed by atoms with Gasteiger partial charge in [-0.1, -0.05) is 42.5 Å². The molecule has 1 saturated heterocycles. The van der Waals surface area contributed by atoms with Crippen molar-refractivity contribution >= 4 is 11.8 Å². The first kappa shape index (κ1) is 22.1. The number of carbonyl (C=O) groups excluding carboxylic acids is 2. The Kier molecular flexibility index (Phi) is 6.04. The summed E-state index contributed by atoms with van der Waals surface area (Å²) in [6.07, 6.45) is 1.81. The van der Waals surface area contributed by atoms with Gasteiger partial charge in [0.25, 0.3) is 0 Å². The third-order valence-electron chi connectivity index (χ3n) is 6.36. The van der Waals surface area contributed by atoms with Crippen LogP contribution in [0, 0.1) is 5.82 Å². The van der Waals surface area contributed by atoms with E-state index in [-0.39, 0.29) is 31.2 Å². The molecule has 2 heterocycles. The van der Waals surface area contributed by atoms with E-state index in [2.05, 4.69) is 20.8 Å². The Labute approximate surface area is 194 Å². The fourth-order valence-corrected chi connectivity index (χ4v) is 4.48. The van der Waals surface area contributed by atoms with Gasteiger partial charge < -0.3 is 10.2 Å². The van der Waals surface area contributed by atoms with Crippen LogP contribution < -0.4 is 5.32 Å². The molecule has 1 N–H and O–H groups in total. The lowest BCUT2D eigenvalue weighted by atomic mass is 9.96. The number of hydrogen-bond acceptors (Lipinski definition) is 5. The molecule has 2 fully saturated rings. The molecule has 3 aromatic rings. The maximum absolute atomic E-state index is 14.8. The van der Waals surface area contributed by atoms with Crippen LogP contribution in [0.5, 0.6) is 0 Å². The van der Waals surface area contributed by atoms with Gasteiger partial charge in [-0.3, -0.25) is 9.59 Å². The summed E-state index contributed by atoms with van der Waals surface area (Å²) in [5.74, 6) is -0.980. The van der Waals surface area contributed by atoms with E-state index in [4.69, 9.17) is 0 Å². The summed E-state index contributed by atoms with van der Waals surface area (Å²) < 4.78 is 30.4. The summed E-state index contributed by atoms with van der Waals surface area (Å²) in [6.45, 7) is -0.376. The van der Waals surface area contributed by atoms with Gasteiger partial charge in [-0.25, -0.2) is 13.5 Å². The van der Waals surface area contributed by atoms with Crippen LogP contribution in [0.3, 0.4) is 0 Å². The number of benzene rings is 2. The molecule has 1 saturated carbocycles. The number of tetrazole rings is 1. The summed E-state index contributed by atoms with van der Waals surface area (Å²) in [6, 6.07) is 12.6. The minimum Gasteiger partial charge on any atom is -0.343 e. The summed E-state index contributed by atoms with van der Waals surface area (Å²) in [5.41, 5.74) is 2.04. The van der Waals surface area contributed by atoms with Crippen molar-refractivity contribution in [2.75, 3.05) is 6.54 Å². The maximum atomic E-state index is 14.8. The van der Waals surface area contributed by atoms with Crippen molar-refractivity contribution in [3.05, 3.63) is 77.4 Å². The van der Waals surface area contributed by atoms with E-state index < -0.39 is 30.1 Å². The molecular formula is C24H24F2N6O2. The van der Waals surface area contributed by atoms with Gasteiger partial charge in [-0.15, -0.1) is 5.10 Å². The zero-order chi connectivity index (χ0) is 23.7. The Balaban J connectivity index is 1.38. The van der Waals surface area contributed by atoms with Crippen LogP contribution >= 0.6 is 0 Å². The molecule has 8 nitrogen and oxygen atoms in total. The number of nitrogens with one attached hydrogen (secondary N) is 1. The van der Waals surface area contributed by atoms with Crippen molar-refractivity contribution in [2.24, 2.45) is 0 Å². The molecule has 2 amide bonds. The van der Waals surface area contributed by atoms with E-state index in [1.54, 1.807) is 6.07 Å². The van der Waals surface area contributed by atoms with Crippen LogP contribution in [0.1, 0.15) is 47.9 Å². The van der Waals surface area contributed by atoms with Crippen molar-refractivity contribution in [1.29, 1.82) is 0 Å². The number of hydrogen-bond donors (Lipinski definition) is 1. The molecular weight excluding hydrogens is 442 g/mol. The van der Waals surface area contributed by atoms with E-state index in [0.717, 1.165) is 18.4 Å². The molecule has 176 valence electrons. The Morgan fingerprint density at radius 1 is 1.12 bits per heavy atom. The van der Waals surface area contributed by atoms with Crippen molar-refractivity contribution in [1.82, 2.24) is 30.4 Å². The Hall–Kier alpha value is -3.69. The molecule has 0 bridgehead atoms. The lowest BCUT2D eigenvalue weighted by Crippen LogP contribution is -2.48. The highest BCUT2D eigenvalue weighted by Gasteiger charge is 2.40. The second kappa shape index (κ2) is 9.28. The monoisotopic (exact) mass is 466 g/mol. The predicted octanol–water partition coefficient (Wildman–Crippen LogP) is 2.53. The lowest BCUT2D eigenvalue weighted by molar-refractivity contribution is -0.139. The topological polar surface area (TPSA) is 93.0 Å². The Bertz CT molecular complexity index is 1170. The number of likely N-dealkylation sites (tertiary alicyclic amines) is 1. The lowest BCUT2D eigenvalue weighted by Gasteiger charge is -2.27. The van der Waals surface area contributed by atoms with Gasteiger partial charge in [0.1, 0.15) is 30.9 Å². The molecule has 34 heavy (non-hydrogen) atoms. The van der Waals surface area contributed by atoms with E-state index in [9.17, 15) is 18.4 Å². The second-order valence-corrected chi connectivity index (χ2v) is 8.81. The van der Waals surface area contributed by atoms with Crippen LogP contribution in [-0.4, -0.2) is 55.7 Å². The minimum absolute atomic E-state index is 0.107. The number of alkyl halides is 1. The summed E-state index contributed by atoms with van der Waals surface area (Å²) in [5, 5.41) is 13.6. The molecule has 10 heteroatoms. The first-order chi connectivity index (χ1) is 16.5. The molecule has 1 aliphatic heterocycles. The molecule has 2 aliphatic rings. The van der Waals surface area contributed by atoms with Crippen molar-refractivity contribution in [2.45, 2.75) is 50.0 Å². The second-order valence-electron chi connectivity index (χ2n) is 8.81. The van der Waals surface area contributed by atoms with Gasteiger partial charge in [0.2, 0.25) is 11.8 Å². The van der Waals surface area contributed by atoms with Crippen LogP contribution in [0.25, 0.3) is 0 Å². The number of aromatic nitrogens is 4. The fraction of sp³-hybridized carbons (Fsp3) is 0.375. The fourth-order valence-electron chi connectivity index (χ4n) is 4.48. The number of halogens is 2. The van der Waals surface area contributed by atoms with E-state index in [0.29, 0.717) is 11.1 Å². The van der Waals surface area contributed by atoms with E-state index in [1.807, 2.05) is 36.4 Å². The van der Waals surface area contributed by atoms with E-state index in [1.165, 1.54) is 22.0 Å². The number of nitrogens with zero attached hydrogens (tertiary/aromatic N) is 5. The standard InChI is InChI=1S/C24H24F2N6O2/c25-18-11-21(32(12-18)22(33)13-31-14-27-29-30-31)24(34)28-23(16-4-2-1-3-5-16)17-8-9-19(15-6-7-15)20(26)10-17/h1-5,8-10,14-15,18,21,23H,6-7,11-13H2,(H,28,34)/t18-,21+,23+/m1/s1. The number of amides is 2. The first-order valence-corrected chi connectivity index (χ1v) is 11.3. The highest BCUT2D eigenvalue weighted by Crippen LogP contribution is 2.41. The van der Waals surface area contributed by atoms with Crippen molar-refractivity contribution in [3.8, 4) is 0 Å². The molecule has 0 unspecified atom stereocenters. The quantitative estimate of drug-likeness (QED) is 0.578. The van der Waals surface area contributed by atoms with Crippen molar-refractivity contribution < 1.29 is 18.4 Å². The highest BCUT2D eigenvalue weighted by atomic mass is 19.1. The third kappa shape index (κ3) is 4.66. The largest absolute Gasteiger partial charge is 0.343 e. The molecule has 5 rings (SSSR count). The van der Waals surface area contributed by atoms with Crippen molar-refractivity contribution in [3.63, 3.8) is 0 Å². The van der Waals surface area contributed by atoms with Crippen LogP contribution in [0.15, 0.2) is 54.9 Å². The van der Waals surface area contributed by atoms with Gasteiger partial charge in [0.05, 0.1) is 12.6 Å². The van der Waals surface area contributed by atoms with E-state index >= 15 is 0 Å². The molecule has 1 aromatic heterocycles. The summed E-state index contributed by atoms with van der Waals surface area (Å²) in [4.78, 5) is 27.3. The first-order valence-electron chi connectivity index (χ1n) is 11.3. The Morgan fingerprint density at radius 2 is 1.91 bits per heavy atom. The molecule has 0 radical (unpaired) electrons. The minimum atomic E-state index is -1.32. The van der Waals surface area contributed by atoms with Crippen LogP contribution in [-0.2, 0) is 16.1 Å². The van der Waals surface area contributed by atoms with Gasteiger partial charge in [0.15, 0.2) is 0 Å². The van der Waals surface area contributed by atoms with Crippen LogP contribution in [0.4, 0.5) is 8.78 Å². The summed E-state index contributed by atoms with van der Waals surface area (Å²) in [7, 11) is 0. The van der Waals surface area contributed by atoms with Crippen LogP contribution in [0.2, 0.25) is 0 Å². The SMILES string of the molecule is O=C(N[C@@H](c1ccccc1)c1ccc(C2CC2)c(F)c1)[C@@H]1C[C@@H](F)CN1C(=O)Cn1cnnn1. The van der Waals surface area contributed by atoms with Gasteiger partial charge in [-0.05, 0) is 51.9 Å². The molecule has 0 spiro atoms. The number of carbonyl (C=O) groups is 2. The maximum Gasteiger partial charge on any atom is 0.245 e. The number of rotatable bonds is 7. The summed E-state index contributed by atoms with van der Waals surface area (Å²) >= 11 is 0. The normalized spacial score (nSPS) is 20.8. The van der Waals surface area contributed by atoms with Gasteiger partial charge in [0, 0.05) is 6.42 Å². The highest BCUT2D eigenvalue weighted by molar-refractivity contribution is 5.88. The zero-order valence-electron chi connectivity index (χ0n) is 18.3. The van der Waals surface area contributed by atoms with Gasteiger partial charge >= 0.3 is 0 Å². The average molecular weight is 466 g/mol. The average Bonchev–Trinajstić information content (AvgIpc) is 3.40. The molecule has 1 aliphatic carbocycles. The predicted molar refractivity (Wildman–Crippen MR) is 118 cm³/mol. The third-order valence-corrected chi connectivity index (χ3v) is 6.36. The zero-order valence-corrected chi connectivity index (χ0v) is 18.3.